The summed E-state index contributed by atoms with van der Waals surface area (Å²) in [5.41, 5.74) is 9.43. The Morgan fingerprint density at radius 1 is 1.54 bits per heavy atom. The molecule has 0 bridgehead atoms. The zero-order valence-corrected chi connectivity index (χ0v) is 7.66. The molecule has 0 aliphatic carbocycles. The molecule has 0 aromatic carbocycles. The van der Waals surface area contributed by atoms with Crippen LogP contribution in [0.5, 0.6) is 0 Å². The Morgan fingerprint density at radius 2 is 2.00 bits per heavy atom. The molecule has 0 spiro atoms. The second kappa shape index (κ2) is 5.13. The minimum Gasteiger partial charge on any atom is -0.394 e. The average Bonchev–Trinajstić information content (AvgIpc) is 2.13. The van der Waals surface area contributed by atoms with Gasteiger partial charge in [0.1, 0.15) is 0 Å². The van der Waals surface area contributed by atoms with E-state index >= 15 is 0 Å². The number of hydrogen-bond acceptors (Lipinski definition) is 5. The van der Waals surface area contributed by atoms with Crippen molar-refractivity contribution >= 4 is 5.91 Å². The molecule has 0 fully saturated rings. The Hall–Kier alpha value is -0.690. The van der Waals surface area contributed by atoms with Crippen LogP contribution in [0.15, 0.2) is 0 Å². The van der Waals surface area contributed by atoms with Crippen molar-refractivity contribution in [3.63, 3.8) is 0 Å². The first-order valence-corrected chi connectivity index (χ1v) is 3.97. The quantitative estimate of drug-likeness (QED) is 0.309. The predicted octanol–water partition coefficient (Wildman–Crippen LogP) is -2.87. The maximum Gasteiger partial charge on any atom is 0.235 e. The van der Waals surface area contributed by atoms with Gasteiger partial charge in [0.25, 0.3) is 0 Å². The number of rotatable bonds is 6. The second-order valence-corrected chi connectivity index (χ2v) is 3.27. The monoisotopic (exact) mass is 191 g/mol. The average molecular weight is 191 g/mol. The smallest absolute Gasteiger partial charge is 0.235 e. The lowest BCUT2D eigenvalue weighted by Crippen LogP contribution is -2.55. The highest BCUT2D eigenvalue weighted by molar-refractivity contribution is 5.79. The first kappa shape index (κ1) is 12.3. The van der Waals surface area contributed by atoms with E-state index < -0.39 is 17.5 Å². The third-order valence-corrected chi connectivity index (χ3v) is 1.81. The van der Waals surface area contributed by atoms with Crippen LogP contribution in [0, 0.1) is 0 Å². The summed E-state index contributed by atoms with van der Waals surface area (Å²) in [5, 5.41) is 20.5. The molecule has 0 rings (SSSR count). The fourth-order valence-corrected chi connectivity index (χ4v) is 0.619. The number of amides is 1. The lowest BCUT2D eigenvalue weighted by molar-refractivity contribution is -0.119. The van der Waals surface area contributed by atoms with Crippen LogP contribution < -0.4 is 16.8 Å². The standard InChI is InChI=1S/C7H17N3O3/c1-7(3-11,4-12)10-2-5(8)6(9)13/h5,10-12H,2-4,8H2,1H3,(H2,9,13). The Labute approximate surface area is 76.9 Å². The maximum absolute atomic E-state index is 10.5. The molecule has 0 radical (unpaired) electrons. The molecular weight excluding hydrogens is 174 g/mol. The molecule has 0 aliphatic rings. The number of aliphatic hydroxyl groups is 2. The molecule has 6 nitrogen and oxygen atoms in total. The van der Waals surface area contributed by atoms with E-state index in [4.69, 9.17) is 21.7 Å². The Morgan fingerprint density at radius 3 is 2.31 bits per heavy atom. The van der Waals surface area contributed by atoms with E-state index in [1.165, 1.54) is 0 Å². The zero-order valence-electron chi connectivity index (χ0n) is 7.66. The summed E-state index contributed by atoms with van der Waals surface area (Å²) in [5.74, 6) is -0.620. The maximum atomic E-state index is 10.5. The van der Waals surface area contributed by atoms with Crippen molar-refractivity contribution in [2.24, 2.45) is 11.5 Å². The number of primary amides is 1. The molecule has 0 saturated heterocycles. The molecule has 13 heavy (non-hydrogen) atoms. The van der Waals surface area contributed by atoms with Crippen molar-refractivity contribution in [3.05, 3.63) is 0 Å². The molecular formula is C7H17N3O3. The molecule has 1 amide bonds. The SMILES string of the molecule is CC(CO)(CO)NCC(N)C(N)=O. The number of hydrogen-bond donors (Lipinski definition) is 5. The number of nitrogens with one attached hydrogen (secondary N) is 1. The lowest BCUT2D eigenvalue weighted by atomic mass is 10.1. The molecule has 6 heteroatoms. The van der Waals surface area contributed by atoms with E-state index in [9.17, 15) is 4.79 Å². The van der Waals surface area contributed by atoms with Crippen LogP contribution in [0.4, 0.5) is 0 Å². The Bertz CT molecular complexity index is 170. The van der Waals surface area contributed by atoms with Gasteiger partial charge in [-0.2, -0.15) is 0 Å². The van der Waals surface area contributed by atoms with Crippen molar-refractivity contribution < 1.29 is 15.0 Å². The fourth-order valence-electron chi connectivity index (χ4n) is 0.619. The van der Waals surface area contributed by atoms with Gasteiger partial charge in [0.05, 0.1) is 24.8 Å². The molecule has 0 aromatic heterocycles. The van der Waals surface area contributed by atoms with Gasteiger partial charge >= 0.3 is 0 Å². The molecule has 1 atom stereocenters. The third kappa shape index (κ3) is 4.18. The fraction of sp³-hybridized carbons (Fsp3) is 0.857. The summed E-state index contributed by atoms with van der Waals surface area (Å²) in [7, 11) is 0. The van der Waals surface area contributed by atoms with Gasteiger partial charge in [0.15, 0.2) is 0 Å². The summed E-state index contributed by atoms with van der Waals surface area (Å²) >= 11 is 0. The molecule has 1 unspecified atom stereocenters. The normalized spacial score (nSPS) is 14.2. The molecule has 0 aliphatic heterocycles. The molecule has 0 saturated carbocycles. The van der Waals surface area contributed by atoms with Gasteiger partial charge in [-0.3, -0.25) is 4.79 Å². The first-order chi connectivity index (χ1) is 5.95. The van der Waals surface area contributed by atoms with Gasteiger partial charge in [0, 0.05) is 6.54 Å². The largest absolute Gasteiger partial charge is 0.394 e. The van der Waals surface area contributed by atoms with Crippen LogP contribution in [0.3, 0.4) is 0 Å². The van der Waals surface area contributed by atoms with Crippen molar-refractivity contribution in [3.8, 4) is 0 Å². The van der Waals surface area contributed by atoms with Crippen molar-refractivity contribution in [1.82, 2.24) is 5.32 Å². The van der Waals surface area contributed by atoms with Crippen molar-refractivity contribution in [1.29, 1.82) is 0 Å². The highest BCUT2D eigenvalue weighted by atomic mass is 16.3. The van der Waals surface area contributed by atoms with E-state index in [0.717, 1.165) is 0 Å². The van der Waals surface area contributed by atoms with E-state index in [-0.39, 0.29) is 19.8 Å². The molecule has 78 valence electrons. The van der Waals surface area contributed by atoms with Crippen LogP contribution in [0.2, 0.25) is 0 Å². The molecule has 0 aromatic rings. The van der Waals surface area contributed by atoms with Crippen LogP contribution in [-0.4, -0.2) is 47.5 Å². The van der Waals surface area contributed by atoms with E-state index in [1.807, 2.05) is 0 Å². The van der Waals surface area contributed by atoms with Gasteiger partial charge in [0.2, 0.25) is 5.91 Å². The van der Waals surface area contributed by atoms with Crippen molar-refractivity contribution in [2.75, 3.05) is 19.8 Å². The minimum absolute atomic E-state index is 0.132. The first-order valence-electron chi connectivity index (χ1n) is 3.97. The summed E-state index contributed by atoms with van der Waals surface area (Å²) in [4.78, 5) is 10.5. The summed E-state index contributed by atoms with van der Waals surface area (Å²) in [6, 6.07) is -0.808. The number of carbonyl (C=O) groups is 1. The highest BCUT2D eigenvalue weighted by Crippen LogP contribution is 1.99. The van der Waals surface area contributed by atoms with Gasteiger partial charge in [-0.15, -0.1) is 0 Å². The van der Waals surface area contributed by atoms with Gasteiger partial charge in [-0.1, -0.05) is 0 Å². The van der Waals surface area contributed by atoms with Crippen LogP contribution in [-0.2, 0) is 4.79 Å². The minimum atomic E-state index is -0.826. The van der Waals surface area contributed by atoms with Crippen molar-refractivity contribution in [2.45, 2.75) is 18.5 Å². The van der Waals surface area contributed by atoms with E-state index in [1.54, 1.807) is 6.92 Å². The second-order valence-electron chi connectivity index (χ2n) is 3.27. The lowest BCUT2D eigenvalue weighted by Gasteiger charge is -2.27. The molecule has 7 N–H and O–H groups in total. The number of carbonyl (C=O) groups excluding carboxylic acids is 1. The van der Waals surface area contributed by atoms with E-state index in [2.05, 4.69) is 5.32 Å². The topological polar surface area (TPSA) is 122 Å². The Balaban J connectivity index is 3.92. The third-order valence-electron chi connectivity index (χ3n) is 1.81. The van der Waals surface area contributed by atoms with Crippen LogP contribution in [0.1, 0.15) is 6.92 Å². The van der Waals surface area contributed by atoms with Gasteiger partial charge < -0.3 is 27.0 Å². The van der Waals surface area contributed by atoms with Gasteiger partial charge in [-0.25, -0.2) is 0 Å². The predicted molar refractivity (Wildman–Crippen MR) is 47.7 cm³/mol. The summed E-state index contributed by atoms with van der Waals surface area (Å²) < 4.78 is 0. The Kier molecular flexibility index (Phi) is 4.86. The zero-order chi connectivity index (χ0) is 10.5. The highest BCUT2D eigenvalue weighted by Gasteiger charge is 2.23. The summed E-state index contributed by atoms with van der Waals surface area (Å²) in [6.45, 7) is 1.26. The van der Waals surface area contributed by atoms with E-state index in [0.29, 0.717) is 0 Å². The number of aliphatic hydroxyl groups excluding tert-OH is 2. The van der Waals surface area contributed by atoms with Crippen LogP contribution in [0.25, 0.3) is 0 Å². The molecule has 0 heterocycles. The number of nitrogens with two attached hydrogens (primary N) is 2. The van der Waals surface area contributed by atoms with Crippen LogP contribution >= 0.6 is 0 Å². The van der Waals surface area contributed by atoms with Gasteiger partial charge in [-0.05, 0) is 6.92 Å². The summed E-state index contributed by atoms with van der Waals surface area (Å²) in [6.07, 6.45) is 0.